The number of likely N-dealkylation sites (tertiary alicyclic amines) is 1. The van der Waals surface area contributed by atoms with Gasteiger partial charge >= 0.3 is 6.09 Å². The molecule has 1 unspecified atom stereocenters. The van der Waals surface area contributed by atoms with E-state index in [4.69, 9.17) is 9.47 Å². The minimum Gasteiger partial charge on any atom is -0.444 e. The summed E-state index contributed by atoms with van der Waals surface area (Å²) in [6, 6.07) is 0. The summed E-state index contributed by atoms with van der Waals surface area (Å²) in [5, 5.41) is 0. The number of carbonyl (C=O) groups excluding carboxylic acids is 2. The van der Waals surface area contributed by atoms with Crippen molar-refractivity contribution in [2.24, 2.45) is 5.41 Å². The van der Waals surface area contributed by atoms with Gasteiger partial charge < -0.3 is 14.4 Å². The molecule has 2 aliphatic heterocycles. The van der Waals surface area contributed by atoms with Crippen LogP contribution in [0.5, 0.6) is 0 Å². The molecule has 0 aromatic heterocycles. The molecule has 0 radical (unpaired) electrons. The highest BCUT2D eigenvalue weighted by Crippen LogP contribution is 2.40. The minimum atomic E-state index is -0.480. The fourth-order valence-electron chi connectivity index (χ4n) is 2.89. The van der Waals surface area contributed by atoms with Gasteiger partial charge in [0.25, 0.3) is 0 Å². The summed E-state index contributed by atoms with van der Waals surface area (Å²) in [6.45, 7) is 9.19. The molecule has 0 N–H and O–H groups in total. The molecule has 0 bridgehead atoms. The van der Waals surface area contributed by atoms with E-state index in [2.05, 4.69) is 0 Å². The Kier molecular flexibility index (Phi) is 4.09. The molecule has 1 atom stereocenters. The molecule has 2 saturated heterocycles. The summed E-state index contributed by atoms with van der Waals surface area (Å²) in [5.74, 6) is 0.226. The molecule has 114 valence electrons. The van der Waals surface area contributed by atoms with Crippen molar-refractivity contribution in [3.05, 3.63) is 0 Å². The highest BCUT2D eigenvalue weighted by molar-refractivity contribution is 5.91. The summed E-state index contributed by atoms with van der Waals surface area (Å²) in [6.07, 6.45) is 1.56. The van der Waals surface area contributed by atoms with Gasteiger partial charge in [0.05, 0.1) is 12.0 Å². The third kappa shape index (κ3) is 2.97. The largest absolute Gasteiger partial charge is 0.444 e. The average molecular weight is 283 g/mol. The van der Waals surface area contributed by atoms with E-state index in [1.54, 1.807) is 4.90 Å². The van der Waals surface area contributed by atoms with Crippen LogP contribution < -0.4 is 0 Å². The van der Waals surface area contributed by atoms with Gasteiger partial charge in [-0.25, -0.2) is 4.79 Å². The number of ketones is 1. The lowest BCUT2D eigenvalue weighted by atomic mass is 9.75. The first kappa shape index (κ1) is 15.3. The second-order valence-corrected chi connectivity index (χ2v) is 6.82. The molecule has 2 fully saturated rings. The lowest BCUT2D eigenvalue weighted by Crippen LogP contribution is -2.48. The third-order valence-electron chi connectivity index (χ3n) is 4.12. The number of piperidine rings is 1. The molecule has 0 aromatic carbocycles. The summed E-state index contributed by atoms with van der Waals surface area (Å²) < 4.78 is 11.0. The van der Waals surface area contributed by atoms with Crippen LogP contribution in [0, 0.1) is 5.41 Å². The summed E-state index contributed by atoms with van der Waals surface area (Å²) >= 11 is 0. The zero-order valence-electron chi connectivity index (χ0n) is 12.9. The first-order valence-corrected chi connectivity index (χ1v) is 7.41. The van der Waals surface area contributed by atoms with E-state index in [1.165, 1.54) is 0 Å². The monoisotopic (exact) mass is 283 g/mol. The van der Waals surface area contributed by atoms with Crippen LogP contribution >= 0.6 is 0 Å². The van der Waals surface area contributed by atoms with Crippen molar-refractivity contribution in [3.63, 3.8) is 0 Å². The predicted octanol–water partition coefficient (Wildman–Crippen LogP) is 2.38. The maximum Gasteiger partial charge on any atom is 0.410 e. The van der Waals surface area contributed by atoms with Gasteiger partial charge in [0.2, 0.25) is 0 Å². The Labute approximate surface area is 120 Å². The SMILES string of the molecule is CCC1OCC2(CCN(C(=O)OC(C)(C)C)CC2)C1=O. The van der Waals surface area contributed by atoms with Crippen LogP contribution in [0.4, 0.5) is 4.79 Å². The molecular formula is C15H25NO4. The Bertz CT molecular complexity index is 391. The number of ether oxygens (including phenoxy) is 2. The number of amides is 1. The smallest absolute Gasteiger partial charge is 0.410 e. The molecule has 2 rings (SSSR count). The van der Waals surface area contributed by atoms with E-state index < -0.39 is 5.60 Å². The zero-order chi connectivity index (χ0) is 15.0. The van der Waals surface area contributed by atoms with Crippen LogP contribution in [0.15, 0.2) is 0 Å². The number of nitrogens with zero attached hydrogens (tertiary/aromatic N) is 1. The van der Waals surface area contributed by atoms with Crippen molar-refractivity contribution in [1.82, 2.24) is 4.90 Å². The first-order valence-electron chi connectivity index (χ1n) is 7.41. The van der Waals surface area contributed by atoms with Crippen molar-refractivity contribution in [3.8, 4) is 0 Å². The van der Waals surface area contributed by atoms with Crippen LogP contribution in [-0.2, 0) is 14.3 Å². The first-order chi connectivity index (χ1) is 9.27. The molecule has 20 heavy (non-hydrogen) atoms. The number of rotatable bonds is 1. The van der Waals surface area contributed by atoms with Crippen molar-refractivity contribution in [2.75, 3.05) is 19.7 Å². The van der Waals surface area contributed by atoms with E-state index >= 15 is 0 Å². The Morgan fingerprint density at radius 2 is 2.00 bits per heavy atom. The normalized spacial score (nSPS) is 26.1. The molecular weight excluding hydrogens is 258 g/mol. The lowest BCUT2D eigenvalue weighted by molar-refractivity contribution is -0.130. The number of Topliss-reactive ketones (excluding diaryl/α,β-unsaturated/α-hetero) is 1. The van der Waals surface area contributed by atoms with Gasteiger partial charge in [-0.15, -0.1) is 0 Å². The van der Waals surface area contributed by atoms with Crippen LogP contribution in [0.25, 0.3) is 0 Å². The van der Waals surface area contributed by atoms with Gasteiger partial charge in [0.1, 0.15) is 11.7 Å². The van der Waals surface area contributed by atoms with E-state index in [0.717, 1.165) is 6.42 Å². The number of hydrogen-bond donors (Lipinski definition) is 0. The lowest BCUT2D eigenvalue weighted by Gasteiger charge is -2.37. The maximum absolute atomic E-state index is 12.4. The molecule has 1 spiro atoms. The Morgan fingerprint density at radius 1 is 1.40 bits per heavy atom. The quantitative estimate of drug-likeness (QED) is 0.741. The molecule has 0 aliphatic carbocycles. The fourth-order valence-corrected chi connectivity index (χ4v) is 2.89. The van der Waals surface area contributed by atoms with E-state index in [-0.39, 0.29) is 23.4 Å². The number of hydrogen-bond acceptors (Lipinski definition) is 4. The van der Waals surface area contributed by atoms with Gasteiger partial charge in [-0.05, 0) is 40.0 Å². The van der Waals surface area contributed by atoms with Gasteiger partial charge in [0.15, 0.2) is 5.78 Å². The van der Waals surface area contributed by atoms with Crippen molar-refractivity contribution in [2.45, 2.75) is 58.7 Å². The topological polar surface area (TPSA) is 55.8 Å². The third-order valence-corrected chi connectivity index (χ3v) is 4.12. The van der Waals surface area contributed by atoms with Crippen LogP contribution in [-0.4, -0.2) is 48.2 Å². The minimum absolute atomic E-state index is 0.226. The highest BCUT2D eigenvalue weighted by Gasteiger charge is 2.50. The van der Waals surface area contributed by atoms with Gasteiger partial charge in [-0.1, -0.05) is 6.92 Å². The second-order valence-electron chi connectivity index (χ2n) is 6.82. The molecule has 0 saturated carbocycles. The summed E-state index contributed by atoms with van der Waals surface area (Å²) in [4.78, 5) is 26.1. The second kappa shape index (κ2) is 5.35. The Morgan fingerprint density at radius 3 is 2.45 bits per heavy atom. The van der Waals surface area contributed by atoms with Crippen molar-refractivity contribution < 1.29 is 19.1 Å². The van der Waals surface area contributed by atoms with E-state index in [0.29, 0.717) is 32.5 Å². The van der Waals surface area contributed by atoms with Crippen molar-refractivity contribution >= 4 is 11.9 Å². The summed E-state index contributed by atoms with van der Waals surface area (Å²) in [5.41, 5.74) is -0.842. The average Bonchev–Trinajstić information content (AvgIpc) is 2.66. The zero-order valence-corrected chi connectivity index (χ0v) is 12.9. The highest BCUT2D eigenvalue weighted by atomic mass is 16.6. The Hall–Kier alpha value is -1.10. The molecule has 2 heterocycles. The molecule has 5 nitrogen and oxygen atoms in total. The molecule has 2 aliphatic rings. The molecule has 0 aromatic rings. The Balaban J connectivity index is 1.93. The fraction of sp³-hybridized carbons (Fsp3) is 0.867. The predicted molar refractivity (Wildman–Crippen MR) is 74.5 cm³/mol. The van der Waals surface area contributed by atoms with Crippen LogP contribution in [0.3, 0.4) is 0 Å². The van der Waals surface area contributed by atoms with Gasteiger partial charge in [-0.3, -0.25) is 4.79 Å². The molecule has 1 amide bonds. The summed E-state index contributed by atoms with van der Waals surface area (Å²) in [7, 11) is 0. The van der Waals surface area contributed by atoms with Crippen molar-refractivity contribution in [1.29, 1.82) is 0 Å². The van der Waals surface area contributed by atoms with Crippen LogP contribution in [0.1, 0.15) is 47.0 Å². The van der Waals surface area contributed by atoms with Gasteiger partial charge in [-0.2, -0.15) is 0 Å². The van der Waals surface area contributed by atoms with E-state index in [9.17, 15) is 9.59 Å². The van der Waals surface area contributed by atoms with E-state index in [1.807, 2.05) is 27.7 Å². The standard InChI is InChI=1S/C15H25NO4/c1-5-11-12(17)15(10-19-11)6-8-16(9-7-15)13(18)20-14(2,3)4/h11H,5-10H2,1-4H3. The molecule has 5 heteroatoms. The number of carbonyl (C=O) groups is 2. The van der Waals surface area contributed by atoms with Gasteiger partial charge in [0, 0.05) is 13.1 Å². The maximum atomic E-state index is 12.4. The van der Waals surface area contributed by atoms with Crippen LogP contribution in [0.2, 0.25) is 0 Å².